The van der Waals surface area contributed by atoms with Crippen LogP contribution in [0.15, 0.2) is 18.2 Å². The van der Waals surface area contributed by atoms with Crippen LogP contribution in [0, 0.1) is 12.8 Å². The zero-order chi connectivity index (χ0) is 13.5. The highest BCUT2D eigenvalue weighted by molar-refractivity contribution is 5.37. The van der Waals surface area contributed by atoms with Crippen molar-refractivity contribution < 1.29 is 9.84 Å². The Labute approximate surface area is 110 Å². The van der Waals surface area contributed by atoms with Crippen molar-refractivity contribution in [2.45, 2.75) is 33.7 Å². The molecule has 0 heterocycles. The molecule has 0 spiro atoms. The minimum atomic E-state index is 0.161. The van der Waals surface area contributed by atoms with E-state index in [9.17, 15) is 0 Å². The van der Waals surface area contributed by atoms with Crippen molar-refractivity contribution >= 4 is 0 Å². The normalized spacial score (nSPS) is 14.3. The van der Waals surface area contributed by atoms with Gasteiger partial charge in [-0.15, -0.1) is 0 Å². The van der Waals surface area contributed by atoms with Crippen molar-refractivity contribution in [1.29, 1.82) is 0 Å². The van der Waals surface area contributed by atoms with Gasteiger partial charge in [-0.3, -0.25) is 0 Å². The van der Waals surface area contributed by atoms with Crippen molar-refractivity contribution in [2.75, 3.05) is 19.8 Å². The second kappa shape index (κ2) is 7.39. The van der Waals surface area contributed by atoms with Crippen molar-refractivity contribution in [3.63, 3.8) is 0 Å². The Balaban J connectivity index is 2.67. The number of hydrogen-bond acceptors (Lipinski definition) is 3. The summed E-state index contributed by atoms with van der Waals surface area (Å²) in [5, 5.41) is 12.4. The number of aliphatic hydroxyl groups is 1. The summed E-state index contributed by atoms with van der Waals surface area (Å²) in [6, 6.07) is 6.63. The lowest BCUT2D eigenvalue weighted by atomic mass is 10.0. The van der Waals surface area contributed by atoms with Gasteiger partial charge in [-0.25, -0.2) is 0 Å². The van der Waals surface area contributed by atoms with Crippen LogP contribution in [-0.2, 0) is 0 Å². The fourth-order valence-corrected chi connectivity index (χ4v) is 1.81. The average Bonchev–Trinajstić information content (AvgIpc) is 2.37. The number of aryl methyl sites for hydroxylation is 1. The Morgan fingerprint density at radius 1 is 1.33 bits per heavy atom. The summed E-state index contributed by atoms with van der Waals surface area (Å²) in [5.74, 6) is 1.08. The number of aliphatic hydroxyl groups excluding tert-OH is 1. The first-order valence-electron chi connectivity index (χ1n) is 6.66. The van der Waals surface area contributed by atoms with E-state index in [-0.39, 0.29) is 12.5 Å². The third kappa shape index (κ3) is 4.31. The Kier molecular flexibility index (Phi) is 6.16. The maximum Gasteiger partial charge on any atom is 0.122 e. The molecule has 2 atom stereocenters. The third-order valence-electron chi connectivity index (χ3n) is 3.04. The van der Waals surface area contributed by atoms with Crippen molar-refractivity contribution in [3.05, 3.63) is 29.3 Å². The Bertz CT molecular complexity index is 366. The molecule has 3 nitrogen and oxygen atoms in total. The number of hydrogen-bond donors (Lipinski definition) is 2. The molecule has 1 rings (SSSR count). The predicted molar refractivity (Wildman–Crippen MR) is 75.0 cm³/mol. The summed E-state index contributed by atoms with van der Waals surface area (Å²) in [4.78, 5) is 0. The first-order chi connectivity index (χ1) is 8.58. The zero-order valence-corrected chi connectivity index (χ0v) is 11.9. The van der Waals surface area contributed by atoms with Gasteiger partial charge in [-0.2, -0.15) is 0 Å². The lowest BCUT2D eigenvalue weighted by molar-refractivity contribution is 0.174. The van der Waals surface area contributed by atoms with Crippen LogP contribution in [0.4, 0.5) is 0 Å². The van der Waals surface area contributed by atoms with Gasteiger partial charge < -0.3 is 15.2 Å². The number of nitrogens with one attached hydrogen (secondary N) is 1. The summed E-state index contributed by atoms with van der Waals surface area (Å²) in [6.07, 6.45) is 0. The Morgan fingerprint density at radius 3 is 2.61 bits per heavy atom. The van der Waals surface area contributed by atoms with Crippen molar-refractivity contribution in [2.24, 2.45) is 5.92 Å². The molecule has 18 heavy (non-hydrogen) atoms. The van der Waals surface area contributed by atoms with E-state index < -0.39 is 0 Å². The number of ether oxygens (including phenoxy) is 1. The van der Waals surface area contributed by atoms with Crippen LogP contribution < -0.4 is 10.1 Å². The van der Waals surface area contributed by atoms with Gasteiger partial charge in [0.25, 0.3) is 0 Å². The summed E-state index contributed by atoms with van der Waals surface area (Å²) < 4.78 is 5.70. The largest absolute Gasteiger partial charge is 0.493 e. The van der Waals surface area contributed by atoms with E-state index in [1.54, 1.807) is 0 Å². The van der Waals surface area contributed by atoms with Gasteiger partial charge in [0, 0.05) is 18.6 Å². The fraction of sp³-hybridized carbons (Fsp3) is 0.600. The number of rotatable bonds is 7. The Morgan fingerprint density at radius 2 is 2.06 bits per heavy atom. The predicted octanol–water partition coefficient (Wildman–Crippen LogP) is 2.67. The molecule has 0 saturated carbocycles. The molecule has 0 aliphatic heterocycles. The Hall–Kier alpha value is -1.06. The molecule has 0 radical (unpaired) electrons. The first-order valence-corrected chi connectivity index (χ1v) is 6.66. The molecule has 0 aliphatic rings. The van der Waals surface area contributed by atoms with E-state index in [0.29, 0.717) is 12.6 Å². The summed E-state index contributed by atoms with van der Waals surface area (Å²) >= 11 is 0. The second-order valence-corrected chi connectivity index (χ2v) is 4.90. The third-order valence-corrected chi connectivity index (χ3v) is 3.04. The van der Waals surface area contributed by atoms with Gasteiger partial charge in [-0.05, 0) is 37.6 Å². The highest BCUT2D eigenvalue weighted by Crippen LogP contribution is 2.23. The van der Waals surface area contributed by atoms with Gasteiger partial charge in [0.2, 0.25) is 0 Å². The highest BCUT2D eigenvalue weighted by Gasteiger charge is 2.08. The van der Waals surface area contributed by atoms with E-state index in [2.05, 4.69) is 38.2 Å². The van der Waals surface area contributed by atoms with Crippen LogP contribution in [0.3, 0.4) is 0 Å². The van der Waals surface area contributed by atoms with Gasteiger partial charge in [0.05, 0.1) is 6.61 Å². The zero-order valence-electron chi connectivity index (χ0n) is 11.9. The maximum atomic E-state index is 8.97. The van der Waals surface area contributed by atoms with Gasteiger partial charge in [0.15, 0.2) is 0 Å². The topological polar surface area (TPSA) is 41.5 Å². The molecule has 102 valence electrons. The van der Waals surface area contributed by atoms with Crippen LogP contribution in [0.5, 0.6) is 5.75 Å². The standard InChI is InChI=1S/C15H25NO2/c1-5-16-13(4)14-6-7-15(12(3)8-14)18-10-11(2)9-17/h6-8,11,13,16-17H,5,9-10H2,1-4H3. The monoisotopic (exact) mass is 251 g/mol. The second-order valence-electron chi connectivity index (χ2n) is 4.90. The molecule has 2 N–H and O–H groups in total. The molecule has 3 heteroatoms. The van der Waals surface area contributed by atoms with Crippen LogP contribution in [-0.4, -0.2) is 24.9 Å². The molecule has 2 unspecified atom stereocenters. The van der Waals surface area contributed by atoms with E-state index in [4.69, 9.17) is 9.84 Å². The maximum absolute atomic E-state index is 8.97. The molecular weight excluding hydrogens is 226 g/mol. The average molecular weight is 251 g/mol. The summed E-state index contributed by atoms with van der Waals surface area (Å²) in [5.41, 5.74) is 2.42. The molecule has 1 aromatic carbocycles. The highest BCUT2D eigenvalue weighted by atomic mass is 16.5. The minimum absolute atomic E-state index is 0.161. The van der Waals surface area contributed by atoms with E-state index in [1.807, 2.05) is 13.0 Å². The summed E-state index contributed by atoms with van der Waals surface area (Å²) in [6.45, 7) is 9.97. The fourth-order valence-electron chi connectivity index (χ4n) is 1.81. The van der Waals surface area contributed by atoms with Crippen molar-refractivity contribution in [3.8, 4) is 5.75 Å². The lowest BCUT2D eigenvalue weighted by Gasteiger charge is -2.16. The molecule has 0 bridgehead atoms. The van der Waals surface area contributed by atoms with Gasteiger partial charge in [-0.1, -0.05) is 26.0 Å². The van der Waals surface area contributed by atoms with Crippen LogP contribution in [0.2, 0.25) is 0 Å². The SMILES string of the molecule is CCNC(C)c1ccc(OCC(C)CO)c(C)c1. The van der Waals surface area contributed by atoms with E-state index in [1.165, 1.54) is 5.56 Å². The molecule has 1 aromatic rings. The molecule has 0 fully saturated rings. The first kappa shape index (κ1) is 15.0. The quantitative estimate of drug-likeness (QED) is 0.783. The summed E-state index contributed by atoms with van der Waals surface area (Å²) in [7, 11) is 0. The van der Waals surface area contributed by atoms with Crippen LogP contribution in [0.1, 0.15) is 37.9 Å². The van der Waals surface area contributed by atoms with Gasteiger partial charge >= 0.3 is 0 Å². The lowest BCUT2D eigenvalue weighted by Crippen LogP contribution is -2.18. The molecule has 0 amide bonds. The smallest absolute Gasteiger partial charge is 0.122 e. The minimum Gasteiger partial charge on any atom is -0.493 e. The van der Waals surface area contributed by atoms with Crippen LogP contribution >= 0.6 is 0 Å². The number of benzene rings is 1. The molecule has 0 aliphatic carbocycles. The van der Waals surface area contributed by atoms with Gasteiger partial charge in [0.1, 0.15) is 5.75 Å². The van der Waals surface area contributed by atoms with Crippen molar-refractivity contribution in [1.82, 2.24) is 5.32 Å². The van der Waals surface area contributed by atoms with Crippen LogP contribution in [0.25, 0.3) is 0 Å². The molecule has 0 saturated heterocycles. The molecular formula is C15H25NO2. The van der Waals surface area contributed by atoms with E-state index >= 15 is 0 Å². The molecule has 0 aromatic heterocycles. The van der Waals surface area contributed by atoms with E-state index in [0.717, 1.165) is 17.9 Å².